The lowest BCUT2D eigenvalue weighted by Gasteiger charge is -2.19. The third-order valence-corrected chi connectivity index (χ3v) is 5.51. The smallest absolute Gasteiger partial charge is 0.269 e. The molecule has 2 heterocycles. The predicted octanol–water partition coefficient (Wildman–Crippen LogP) is 4.60. The molecule has 1 saturated heterocycles. The van der Waals surface area contributed by atoms with Gasteiger partial charge in [0, 0.05) is 47.7 Å². The van der Waals surface area contributed by atoms with Gasteiger partial charge in [-0.3, -0.25) is 14.9 Å². The Kier molecular flexibility index (Phi) is 4.96. The second-order valence-corrected chi connectivity index (χ2v) is 7.38. The van der Waals surface area contributed by atoms with E-state index in [-0.39, 0.29) is 11.5 Å². The molecule has 0 aliphatic carbocycles. The molecule has 1 unspecified atom stereocenters. The Bertz CT molecular complexity index is 1020. The average molecular weight is 378 g/mol. The maximum Gasteiger partial charge on any atom is 0.269 e. The maximum atomic E-state index is 12.7. The molecule has 0 radical (unpaired) electrons. The fourth-order valence-electron chi connectivity index (χ4n) is 3.84. The molecule has 0 spiro atoms. The largest absolute Gasteiger partial charge is 0.461 e. The molecule has 28 heavy (non-hydrogen) atoms. The third-order valence-electron chi connectivity index (χ3n) is 5.51. The van der Waals surface area contributed by atoms with E-state index in [4.69, 9.17) is 4.42 Å². The Balaban J connectivity index is 1.50. The number of ketones is 1. The van der Waals surface area contributed by atoms with Crippen molar-refractivity contribution in [2.24, 2.45) is 0 Å². The van der Waals surface area contributed by atoms with Crippen molar-refractivity contribution >= 4 is 22.4 Å². The second kappa shape index (κ2) is 7.56. The van der Waals surface area contributed by atoms with Crippen LogP contribution in [0.3, 0.4) is 0 Å². The van der Waals surface area contributed by atoms with Crippen LogP contribution in [0.15, 0.2) is 52.9 Å². The predicted molar refractivity (Wildman–Crippen MR) is 107 cm³/mol. The van der Waals surface area contributed by atoms with Gasteiger partial charge < -0.3 is 9.32 Å². The van der Waals surface area contributed by atoms with Gasteiger partial charge in [-0.1, -0.05) is 0 Å². The molecule has 1 fully saturated rings. The number of hydrogen-bond acceptors (Lipinski definition) is 5. The van der Waals surface area contributed by atoms with Crippen LogP contribution in [0.1, 0.15) is 41.4 Å². The van der Waals surface area contributed by atoms with Crippen molar-refractivity contribution < 1.29 is 14.1 Å². The number of carbonyl (C=O) groups excluding carboxylic acids is 1. The van der Waals surface area contributed by atoms with E-state index in [0.29, 0.717) is 17.2 Å². The number of nitro benzene ring substituents is 1. The van der Waals surface area contributed by atoms with Crippen molar-refractivity contribution in [1.29, 1.82) is 0 Å². The number of nitro groups is 1. The first kappa shape index (κ1) is 18.4. The number of likely N-dealkylation sites (tertiary alicyclic amines) is 1. The summed E-state index contributed by atoms with van der Waals surface area (Å²) in [6, 6.07) is 13.7. The SMILES string of the molecule is CC1CCCN1CCc1cc2cc(C(=O)c3ccc([N+](=O)[O-])cc3)ccc2o1. The number of nitrogens with zero attached hydrogens (tertiary/aromatic N) is 2. The number of non-ortho nitro benzene ring substituents is 1. The van der Waals surface area contributed by atoms with Gasteiger partial charge in [0.2, 0.25) is 0 Å². The summed E-state index contributed by atoms with van der Waals surface area (Å²) in [6.45, 7) is 4.40. The number of fused-ring (bicyclic) bond motifs is 1. The zero-order chi connectivity index (χ0) is 19.7. The molecule has 4 rings (SSSR count). The monoisotopic (exact) mass is 378 g/mol. The van der Waals surface area contributed by atoms with Crippen LogP contribution >= 0.6 is 0 Å². The van der Waals surface area contributed by atoms with Crippen LogP contribution in [0.2, 0.25) is 0 Å². The van der Waals surface area contributed by atoms with Crippen LogP contribution < -0.4 is 0 Å². The maximum absolute atomic E-state index is 12.7. The lowest BCUT2D eigenvalue weighted by atomic mass is 10.0. The van der Waals surface area contributed by atoms with Crippen molar-refractivity contribution in [3.8, 4) is 0 Å². The van der Waals surface area contributed by atoms with Crippen molar-refractivity contribution in [3.63, 3.8) is 0 Å². The van der Waals surface area contributed by atoms with E-state index in [1.165, 1.54) is 37.1 Å². The zero-order valence-corrected chi connectivity index (χ0v) is 15.8. The minimum Gasteiger partial charge on any atom is -0.461 e. The van der Waals surface area contributed by atoms with E-state index in [1.807, 2.05) is 18.2 Å². The molecule has 0 bridgehead atoms. The van der Waals surface area contributed by atoms with Gasteiger partial charge in [0.15, 0.2) is 5.78 Å². The number of carbonyl (C=O) groups is 1. The molecule has 6 nitrogen and oxygen atoms in total. The van der Waals surface area contributed by atoms with Crippen LogP contribution in [0.5, 0.6) is 0 Å². The Morgan fingerprint density at radius 1 is 1.18 bits per heavy atom. The van der Waals surface area contributed by atoms with Gasteiger partial charge >= 0.3 is 0 Å². The van der Waals surface area contributed by atoms with Gasteiger partial charge in [-0.05, 0) is 62.7 Å². The highest BCUT2D eigenvalue weighted by molar-refractivity contribution is 6.10. The third kappa shape index (κ3) is 3.68. The fourth-order valence-corrected chi connectivity index (χ4v) is 3.84. The summed E-state index contributed by atoms with van der Waals surface area (Å²) >= 11 is 0. The lowest BCUT2D eigenvalue weighted by Crippen LogP contribution is -2.28. The van der Waals surface area contributed by atoms with Gasteiger partial charge in [-0.2, -0.15) is 0 Å². The highest BCUT2D eigenvalue weighted by Gasteiger charge is 2.20. The van der Waals surface area contributed by atoms with Crippen molar-refractivity contribution in [1.82, 2.24) is 4.90 Å². The van der Waals surface area contributed by atoms with Crippen molar-refractivity contribution in [3.05, 3.63) is 75.5 Å². The van der Waals surface area contributed by atoms with Gasteiger partial charge in [0.25, 0.3) is 5.69 Å². The van der Waals surface area contributed by atoms with Gasteiger partial charge in [-0.15, -0.1) is 0 Å². The molecule has 0 amide bonds. The summed E-state index contributed by atoms with van der Waals surface area (Å²) in [5, 5.41) is 11.7. The lowest BCUT2D eigenvalue weighted by molar-refractivity contribution is -0.384. The second-order valence-electron chi connectivity index (χ2n) is 7.38. The van der Waals surface area contributed by atoms with E-state index in [9.17, 15) is 14.9 Å². The Labute approximate surface area is 162 Å². The summed E-state index contributed by atoms with van der Waals surface area (Å²) in [4.78, 5) is 25.5. The quantitative estimate of drug-likeness (QED) is 0.356. The minimum absolute atomic E-state index is 0.0289. The Morgan fingerprint density at radius 3 is 2.61 bits per heavy atom. The fraction of sp³-hybridized carbons (Fsp3) is 0.318. The van der Waals surface area contributed by atoms with Crippen LogP contribution in [0, 0.1) is 10.1 Å². The molecule has 1 aliphatic rings. The average Bonchev–Trinajstić information content (AvgIpc) is 3.30. The first-order chi connectivity index (χ1) is 13.5. The molecule has 1 aliphatic heterocycles. The van der Waals surface area contributed by atoms with Gasteiger partial charge in [0.1, 0.15) is 11.3 Å². The molecule has 6 heteroatoms. The standard InChI is InChI=1S/C22H22N2O4/c1-15-3-2-11-23(15)12-10-20-14-18-13-17(6-9-21(18)28-20)22(25)16-4-7-19(8-5-16)24(26)27/h4-9,13-15H,2-3,10-12H2,1H3. The van der Waals surface area contributed by atoms with Crippen molar-refractivity contribution in [2.45, 2.75) is 32.2 Å². The van der Waals surface area contributed by atoms with E-state index < -0.39 is 4.92 Å². The highest BCUT2D eigenvalue weighted by Crippen LogP contribution is 2.24. The molecular formula is C22H22N2O4. The first-order valence-electron chi connectivity index (χ1n) is 9.57. The van der Waals surface area contributed by atoms with E-state index in [0.717, 1.165) is 36.2 Å². The Hall–Kier alpha value is -2.99. The summed E-state index contributed by atoms with van der Waals surface area (Å²) in [6.07, 6.45) is 3.37. The summed E-state index contributed by atoms with van der Waals surface area (Å²) in [5.74, 6) is 0.763. The zero-order valence-electron chi connectivity index (χ0n) is 15.8. The van der Waals surface area contributed by atoms with Crippen LogP contribution in [0.25, 0.3) is 11.0 Å². The molecule has 1 atom stereocenters. The van der Waals surface area contributed by atoms with E-state index >= 15 is 0 Å². The van der Waals surface area contributed by atoms with Crippen molar-refractivity contribution in [2.75, 3.05) is 13.1 Å². The number of hydrogen-bond donors (Lipinski definition) is 0. The number of furan rings is 1. The van der Waals surface area contributed by atoms with Gasteiger partial charge in [-0.25, -0.2) is 0 Å². The molecule has 3 aromatic rings. The Morgan fingerprint density at radius 2 is 1.93 bits per heavy atom. The number of benzene rings is 2. The normalized spacial score (nSPS) is 17.2. The molecular weight excluding hydrogens is 356 g/mol. The summed E-state index contributed by atoms with van der Waals surface area (Å²) < 4.78 is 5.93. The molecule has 0 N–H and O–H groups in total. The molecule has 2 aromatic carbocycles. The van der Waals surface area contributed by atoms with Gasteiger partial charge in [0.05, 0.1) is 4.92 Å². The van der Waals surface area contributed by atoms with Crippen LogP contribution in [0.4, 0.5) is 5.69 Å². The van der Waals surface area contributed by atoms with E-state index in [1.54, 1.807) is 6.07 Å². The number of rotatable bonds is 6. The molecule has 0 saturated carbocycles. The van der Waals surface area contributed by atoms with Crippen LogP contribution in [-0.4, -0.2) is 34.7 Å². The first-order valence-corrected chi connectivity index (χ1v) is 9.57. The molecule has 1 aromatic heterocycles. The highest BCUT2D eigenvalue weighted by atomic mass is 16.6. The topological polar surface area (TPSA) is 76.6 Å². The van der Waals surface area contributed by atoms with E-state index in [2.05, 4.69) is 11.8 Å². The minimum atomic E-state index is -0.476. The van der Waals surface area contributed by atoms with Crippen LogP contribution in [-0.2, 0) is 6.42 Å². The molecule has 144 valence electrons. The summed E-state index contributed by atoms with van der Waals surface area (Å²) in [5.41, 5.74) is 1.71. The summed E-state index contributed by atoms with van der Waals surface area (Å²) in [7, 11) is 0.